The van der Waals surface area contributed by atoms with Gasteiger partial charge in [0, 0.05) is 25.4 Å². The molecule has 210 valence electrons. The average molecular weight is 566 g/mol. The Morgan fingerprint density at radius 2 is 1.95 bits per heavy atom. The number of aryl methyl sites for hydroxylation is 2. The van der Waals surface area contributed by atoms with Crippen LogP contribution in [0.4, 0.5) is 33.6 Å². The highest BCUT2D eigenvalue weighted by Gasteiger charge is 2.57. The van der Waals surface area contributed by atoms with Crippen LogP contribution in [0.1, 0.15) is 31.0 Å². The number of nitrogens with zero attached hydrogens (tertiary/aromatic N) is 8. The lowest BCUT2D eigenvalue weighted by Crippen LogP contribution is -2.37. The van der Waals surface area contributed by atoms with Crippen LogP contribution >= 0.6 is 0 Å². The smallest absolute Gasteiger partial charge is 0.453 e. The lowest BCUT2D eigenvalue weighted by molar-refractivity contribution is -0.285. The first-order valence-corrected chi connectivity index (χ1v) is 11.6. The second-order valence-corrected chi connectivity index (χ2v) is 9.14. The van der Waals surface area contributed by atoms with Gasteiger partial charge < -0.3 is 16.2 Å². The molecule has 13 nitrogen and oxygen atoms in total. The second-order valence-electron chi connectivity index (χ2n) is 9.14. The number of hydrogen-bond donors (Lipinski definition) is 3. The molecule has 40 heavy (non-hydrogen) atoms. The van der Waals surface area contributed by atoms with Crippen LogP contribution in [0.5, 0.6) is 0 Å². The molecule has 1 atom stereocenters. The van der Waals surface area contributed by atoms with Crippen LogP contribution in [-0.4, -0.2) is 68.8 Å². The van der Waals surface area contributed by atoms with Crippen molar-refractivity contribution in [3.63, 3.8) is 0 Å². The molecule has 0 spiro atoms. The molecule has 5 heterocycles. The zero-order valence-corrected chi connectivity index (χ0v) is 20.4. The van der Waals surface area contributed by atoms with Gasteiger partial charge in [-0.3, -0.25) is 14.3 Å². The molecule has 4 N–H and O–H groups in total. The molecule has 1 amide bonds. The molecule has 0 aromatic carbocycles. The molecule has 18 heteroatoms. The van der Waals surface area contributed by atoms with Crippen molar-refractivity contribution in [2.45, 2.75) is 50.4 Å². The van der Waals surface area contributed by atoms with Gasteiger partial charge in [0.15, 0.2) is 11.5 Å². The molecule has 1 aliphatic rings. The molecule has 5 rings (SSSR count). The maximum Gasteiger partial charge on any atom is 0.453 e. The highest BCUT2D eigenvalue weighted by Crippen LogP contribution is 2.44. The minimum Gasteiger partial charge on any atom is -0.481 e. The van der Waals surface area contributed by atoms with Crippen molar-refractivity contribution in [1.29, 1.82) is 0 Å². The number of fused-ring (bicyclic) bond motifs is 2. The Kier molecular flexibility index (Phi) is 6.14. The number of hydrogen-bond acceptors (Lipinski definition) is 9. The van der Waals surface area contributed by atoms with E-state index in [0.29, 0.717) is 0 Å². The molecule has 0 saturated heterocycles. The number of nitrogens with one attached hydrogen (secondary N) is 1. The maximum atomic E-state index is 13.6. The highest BCUT2D eigenvalue weighted by atomic mass is 19.4. The van der Waals surface area contributed by atoms with Crippen molar-refractivity contribution in [2.24, 2.45) is 0 Å². The van der Waals surface area contributed by atoms with E-state index in [0.717, 1.165) is 4.68 Å². The van der Waals surface area contributed by atoms with E-state index in [1.54, 1.807) is 0 Å². The molecule has 0 fully saturated rings. The number of nitrogens with two attached hydrogens (primary N) is 1. The van der Waals surface area contributed by atoms with Crippen LogP contribution in [0.25, 0.3) is 22.6 Å². The molecule has 0 radical (unpaired) electrons. The maximum absolute atomic E-state index is 13.6. The minimum absolute atomic E-state index is 0.00427. The predicted molar refractivity (Wildman–Crippen MR) is 126 cm³/mol. The Morgan fingerprint density at radius 3 is 2.65 bits per heavy atom. The van der Waals surface area contributed by atoms with E-state index in [4.69, 9.17) is 10.8 Å². The summed E-state index contributed by atoms with van der Waals surface area (Å²) in [5.41, 5.74) is 5.09. The summed E-state index contributed by atoms with van der Waals surface area (Å²) in [6.07, 6.45) is -4.80. The van der Waals surface area contributed by atoms with E-state index in [-0.39, 0.29) is 58.4 Å². The van der Waals surface area contributed by atoms with Crippen LogP contribution < -0.4 is 11.1 Å². The number of pyridine rings is 1. The number of halogens is 5. The summed E-state index contributed by atoms with van der Waals surface area (Å²) in [7, 11) is 0. The number of amides is 1. The normalized spacial score (nSPS) is 17.3. The van der Waals surface area contributed by atoms with Gasteiger partial charge in [-0.15, -0.1) is 5.10 Å². The first-order chi connectivity index (χ1) is 18.7. The zero-order chi connectivity index (χ0) is 29.0. The van der Waals surface area contributed by atoms with Crippen molar-refractivity contribution in [1.82, 2.24) is 39.7 Å². The monoisotopic (exact) mass is 566 g/mol. The molecular formula is C22H19F5N10O3. The number of rotatable bonds is 8. The lowest BCUT2D eigenvalue weighted by Gasteiger charge is -2.19. The van der Waals surface area contributed by atoms with E-state index in [9.17, 15) is 31.5 Å². The number of carbonyl (C=O) groups is 2. The van der Waals surface area contributed by atoms with Gasteiger partial charge in [-0.25, -0.2) is 19.6 Å². The standard InChI is InChI=1S/C22H19F5N10O3/c1-20(11-9-36(35-33-11)7-4-12(38)39)13-15(28)30-17(31-16(13)32-19(20)40)14-10-3-2-6-29-18(10)37(34-14)8-5-21(23,24)22(25,26)27/h2-3,6,9H,4-5,7-8H2,1H3,(H,38,39)(H3,28,30,31,32,40)/t20-/m1/s1. The summed E-state index contributed by atoms with van der Waals surface area (Å²) in [6, 6.07) is 3.01. The first kappa shape index (κ1) is 26.8. The van der Waals surface area contributed by atoms with Gasteiger partial charge in [0.2, 0.25) is 5.91 Å². The number of nitrogen functional groups attached to an aromatic ring is 1. The third-order valence-electron chi connectivity index (χ3n) is 6.50. The fraction of sp³-hybridized carbons (Fsp3) is 0.364. The van der Waals surface area contributed by atoms with Gasteiger partial charge in [-0.1, -0.05) is 5.21 Å². The predicted octanol–water partition coefficient (Wildman–Crippen LogP) is 2.38. The van der Waals surface area contributed by atoms with Gasteiger partial charge in [-0.05, 0) is 19.1 Å². The number of aliphatic carboxylic acids is 1. The van der Waals surface area contributed by atoms with E-state index in [1.807, 2.05) is 0 Å². The van der Waals surface area contributed by atoms with Crippen molar-refractivity contribution in [3.05, 3.63) is 35.8 Å². The zero-order valence-electron chi connectivity index (χ0n) is 20.4. The number of carboxylic acids is 1. The molecule has 0 saturated carbocycles. The highest BCUT2D eigenvalue weighted by molar-refractivity contribution is 6.09. The lowest BCUT2D eigenvalue weighted by atomic mass is 9.81. The largest absolute Gasteiger partial charge is 0.481 e. The van der Waals surface area contributed by atoms with Crippen LogP contribution in [-0.2, 0) is 28.1 Å². The van der Waals surface area contributed by atoms with Crippen molar-refractivity contribution in [3.8, 4) is 11.5 Å². The summed E-state index contributed by atoms with van der Waals surface area (Å²) in [5, 5.41) is 23.8. The molecular weight excluding hydrogens is 547 g/mol. The molecule has 0 unspecified atom stereocenters. The fourth-order valence-corrected chi connectivity index (χ4v) is 4.32. The minimum atomic E-state index is -5.73. The molecule has 4 aromatic rings. The first-order valence-electron chi connectivity index (χ1n) is 11.6. The summed E-state index contributed by atoms with van der Waals surface area (Å²) >= 11 is 0. The fourth-order valence-electron chi connectivity index (χ4n) is 4.32. The van der Waals surface area contributed by atoms with Gasteiger partial charge in [0.25, 0.3) is 0 Å². The third kappa shape index (κ3) is 4.34. The van der Waals surface area contributed by atoms with E-state index >= 15 is 0 Å². The Hall–Kier alpha value is -4.77. The topological polar surface area (TPSA) is 180 Å². The Bertz CT molecular complexity index is 1650. The van der Waals surface area contributed by atoms with E-state index in [1.165, 1.54) is 36.1 Å². The van der Waals surface area contributed by atoms with Gasteiger partial charge in [-0.2, -0.15) is 27.1 Å². The molecule has 0 aliphatic carbocycles. The van der Waals surface area contributed by atoms with Gasteiger partial charge in [0.05, 0.1) is 23.9 Å². The molecule has 0 bridgehead atoms. The quantitative estimate of drug-likeness (QED) is 0.268. The van der Waals surface area contributed by atoms with Crippen LogP contribution in [0.15, 0.2) is 24.5 Å². The Balaban J connectivity index is 1.53. The number of anilines is 2. The number of alkyl halides is 5. The molecule has 4 aromatic heterocycles. The number of aromatic nitrogens is 8. The summed E-state index contributed by atoms with van der Waals surface area (Å²) in [4.78, 5) is 36.6. The van der Waals surface area contributed by atoms with Crippen LogP contribution in [0, 0.1) is 0 Å². The summed E-state index contributed by atoms with van der Waals surface area (Å²) in [5.74, 6) is -6.85. The van der Waals surface area contributed by atoms with Crippen molar-refractivity contribution in [2.75, 3.05) is 11.1 Å². The Morgan fingerprint density at radius 1 is 1.20 bits per heavy atom. The van der Waals surface area contributed by atoms with Gasteiger partial charge >= 0.3 is 18.1 Å². The van der Waals surface area contributed by atoms with Crippen molar-refractivity contribution < 1.29 is 36.6 Å². The summed E-state index contributed by atoms with van der Waals surface area (Å²) in [6.45, 7) is 0.706. The van der Waals surface area contributed by atoms with Crippen LogP contribution in [0.3, 0.4) is 0 Å². The van der Waals surface area contributed by atoms with Gasteiger partial charge in [0.1, 0.15) is 28.4 Å². The van der Waals surface area contributed by atoms with Crippen molar-refractivity contribution >= 4 is 34.5 Å². The number of carbonyl (C=O) groups excluding carboxylic acids is 1. The van der Waals surface area contributed by atoms with E-state index in [2.05, 4.69) is 35.7 Å². The SMILES string of the molecule is C[C@]1(c2cn(CCC(=O)O)nn2)C(=O)Nc2nc(-c3nn(CCC(F)(F)C(F)(F)F)c4ncccc34)nc(N)c21. The van der Waals surface area contributed by atoms with E-state index < -0.39 is 42.4 Å². The third-order valence-corrected chi connectivity index (χ3v) is 6.50. The summed E-state index contributed by atoms with van der Waals surface area (Å²) < 4.78 is 67.4. The van der Waals surface area contributed by atoms with Crippen LogP contribution in [0.2, 0.25) is 0 Å². The average Bonchev–Trinajstić information content (AvgIpc) is 3.56. The second kappa shape index (κ2) is 9.16. The number of carboxylic acid groups (broad SMARTS) is 1. The Labute approximate surface area is 220 Å². The molecule has 1 aliphatic heterocycles.